The number of hydrogen-bond donors (Lipinski definition) is 5. The second-order valence-electron chi connectivity index (χ2n) is 12.5. The number of morpholine rings is 1. The van der Waals surface area contributed by atoms with E-state index in [0.29, 0.717) is 28.1 Å². The third kappa shape index (κ3) is 5.72. The van der Waals surface area contributed by atoms with E-state index in [4.69, 9.17) is 20.9 Å². The van der Waals surface area contributed by atoms with Gasteiger partial charge in [-0.3, -0.25) is 19.3 Å². The fourth-order valence-electron chi connectivity index (χ4n) is 7.89. The van der Waals surface area contributed by atoms with Crippen molar-refractivity contribution in [2.45, 2.75) is 29.6 Å². The molecule has 6 unspecified atom stereocenters. The van der Waals surface area contributed by atoms with Gasteiger partial charge < -0.3 is 36.7 Å². The van der Waals surface area contributed by atoms with Gasteiger partial charge in [0.25, 0.3) is 0 Å². The number of nitrogens with zero attached hydrogens (tertiary/aromatic N) is 1. The van der Waals surface area contributed by atoms with Crippen LogP contribution in [0.3, 0.4) is 0 Å². The van der Waals surface area contributed by atoms with Crippen molar-refractivity contribution in [3.8, 4) is 17.6 Å². The number of nitrogens with two attached hydrogens (primary N) is 2. The van der Waals surface area contributed by atoms with Gasteiger partial charge in [-0.2, -0.15) is 0 Å². The van der Waals surface area contributed by atoms with E-state index in [1.165, 1.54) is 0 Å². The summed E-state index contributed by atoms with van der Waals surface area (Å²) in [5, 5.41) is 14.7. The molecule has 258 valence electrons. The molecule has 7 N–H and O–H groups in total. The lowest BCUT2D eigenvalue weighted by molar-refractivity contribution is -0.178. The Morgan fingerprint density at radius 2 is 1.59 bits per heavy atom. The number of carbonyl (C=O) groups is 4. The van der Waals surface area contributed by atoms with Crippen molar-refractivity contribution in [1.82, 2.24) is 10.2 Å². The number of primary amides is 2. The monoisotopic (exact) mass is 685 g/mol. The van der Waals surface area contributed by atoms with Crippen LogP contribution in [0.15, 0.2) is 103 Å². The van der Waals surface area contributed by atoms with E-state index in [-0.39, 0.29) is 19.8 Å². The minimum Gasteiger partial charge on any atom is -0.491 e. The third-order valence-electron chi connectivity index (χ3n) is 9.75. The Morgan fingerprint density at radius 3 is 2.24 bits per heavy atom. The Kier molecular flexibility index (Phi) is 8.91. The molecule has 4 amide bonds. The molecule has 2 saturated heterocycles. The van der Waals surface area contributed by atoms with Gasteiger partial charge in [-0.15, -0.1) is 0 Å². The van der Waals surface area contributed by atoms with Crippen LogP contribution in [0, 0.1) is 17.8 Å². The quantitative estimate of drug-likeness (QED) is 0.138. The van der Waals surface area contributed by atoms with E-state index in [1.54, 1.807) is 42.5 Å². The molecule has 2 fully saturated rings. The van der Waals surface area contributed by atoms with Crippen LogP contribution in [0.2, 0.25) is 0 Å². The minimum absolute atomic E-state index is 0.00665. The molecule has 0 bridgehead atoms. The second-order valence-corrected chi connectivity index (χ2v) is 12.5. The number of urea groups is 1. The van der Waals surface area contributed by atoms with Crippen molar-refractivity contribution in [3.63, 3.8) is 0 Å². The summed E-state index contributed by atoms with van der Waals surface area (Å²) in [5.74, 6) is 2.93. The van der Waals surface area contributed by atoms with E-state index in [2.05, 4.69) is 22.5 Å². The third-order valence-corrected chi connectivity index (χ3v) is 9.75. The van der Waals surface area contributed by atoms with Gasteiger partial charge in [-0.05, 0) is 52.6 Å². The summed E-state index contributed by atoms with van der Waals surface area (Å²) in [4.78, 5) is 56.3. The summed E-state index contributed by atoms with van der Waals surface area (Å²) in [7, 11) is 0. The molecule has 4 aromatic rings. The number of anilines is 1. The first-order valence-electron chi connectivity index (χ1n) is 16.4. The minimum atomic E-state index is -1.72. The summed E-state index contributed by atoms with van der Waals surface area (Å²) < 4.78 is 11.9. The average Bonchev–Trinajstić information content (AvgIpc) is 3.62. The van der Waals surface area contributed by atoms with Crippen molar-refractivity contribution in [2.75, 3.05) is 25.1 Å². The maximum absolute atomic E-state index is 14.8. The predicted molar refractivity (Wildman–Crippen MR) is 186 cm³/mol. The number of ether oxygens (including phenoxy) is 2. The summed E-state index contributed by atoms with van der Waals surface area (Å²) >= 11 is 0. The number of aliphatic hydroxyl groups excluding tert-OH is 1. The molecule has 12 nitrogen and oxygen atoms in total. The number of rotatable bonds is 8. The number of aliphatic hydroxyl groups is 1. The van der Waals surface area contributed by atoms with Crippen LogP contribution in [0.1, 0.15) is 46.0 Å². The average molecular weight is 686 g/mol. The number of benzene rings is 4. The number of cyclic esters (lactones) is 1. The van der Waals surface area contributed by atoms with Gasteiger partial charge in [-0.25, -0.2) is 4.79 Å². The molecule has 7 rings (SSSR count). The molecule has 4 aromatic carbocycles. The number of carbonyl (C=O) groups excluding carboxylic acids is 4. The molecule has 0 saturated carbocycles. The van der Waals surface area contributed by atoms with E-state index in [0.717, 1.165) is 11.1 Å². The Morgan fingerprint density at radius 1 is 0.902 bits per heavy atom. The van der Waals surface area contributed by atoms with Gasteiger partial charge in [0.05, 0.1) is 31.2 Å². The van der Waals surface area contributed by atoms with Crippen molar-refractivity contribution < 1.29 is 33.8 Å². The standard InChI is InChI=1S/C39H35N5O7/c40-35(46)30-32-36(47)51-33(25-11-5-2-6-12-25)31(24-9-3-1-4-10-24)44(32)34(26-14-16-27(17-15-26)50-21-20-45)39(30)28-22-23(8-7-19-42-38(41)49)13-18-29(28)43-37(39)48/h1-6,9-18,22,30-34,45H,19-21H2,(H2,40,46)(H,43,48)(H3,41,42,49). The van der Waals surface area contributed by atoms with Gasteiger partial charge >= 0.3 is 12.0 Å². The van der Waals surface area contributed by atoms with Crippen molar-refractivity contribution in [3.05, 3.63) is 131 Å². The maximum atomic E-state index is 14.8. The highest BCUT2D eigenvalue weighted by molar-refractivity contribution is 6.12. The van der Waals surface area contributed by atoms with Crippen LogP contribution in [0.4, 0.5) is 10.5 Å². The fraction of sp³-hybridized carbons (Fsp3) is 0.231. The van der Waals surface area contributed by atoms with Crippen LogP contribution < -0.4 is 26.8 Å². The molecular formula is C39H35N5O7. The topological polar surface area (TPSA) is 186 Å². The molecule has 0 radical (unpaired) electrons. The van der Waals surface area contributed by atoms with Gasteiger partial charge in [-0.1, -0.05) is 84.6 Å². The van der Waals surface area contributed by atoms with Gasteiger partial charge in [0.1, 0.15) is 29.9 Å². The second kappa shape index (κ2) is 13.6. The Labute approximate surface area is 293 Å². The van der Waals surface area contributed by atoms with Crippen LogP contribution in [-0.2, 0) is 24.5 Å². The number of nitrogens with one attached hydrogen (secondary N) is 2. The first-order valence-corrected chi connectivity index (χ1v) is 16.4. The van der Waals surface area contributed by atoms with Crippen LogP contribution in [-0.4, -0.2) is 59.6 Å². The van der Waals surface area contributed by atoms with Crippen molar-refractivity contribution in [1.29, 1.82) is 0 Å². The first-order chi connectivity index (χ1) is 24.7. The molecule has 12 heteroatoms. The summed E-state index contributed by atoms with van der Waals surface area (Å²) in [6, 6.07) is 27.5. The van der Waals surface area contributed by atoms with Crippen molar-refractivity contribution >= 4 is 29.5 Å². The molecule has 0 aromatic heterocycles. The highest BCUT2D eigenvalue weighted by Crippen LogP contribution is 2.64. The Balaban J connectivity index is 1.49. The maximum Gasteiger partial charge on any atom is 0.324 e. The first kappa shape index (κ1) is 33.3. The predicted octanol–water partition coefficient (Wildman–Crippen LogP) is 2.83. The zero-order valence-corrected chi connectivity index (χ0v) is 27.3. The molecule has 3 aliphatic heterocycles. The molecule has 1 spiro atoms. The van der Waals surface area contributed by atoms with Gasteiger partial charge in [0.2, 0.25) is 11.8 Å². The number of hydrogen-bond acceptors (Lipinski definition) is 8. The SMILES string of the molecule is NC(=O)NCC#Cc1ccc2c(c1)C1(C(=O)N2)C(C(N)=O)C2C(=O)OC(c3ccccc3)C(c3ccccc3)N2C1c1ccc(OCCO)cc1. The van der Waals surface area contributed by atoms with Gasteiger partial charge in [0, 0.05) is 11.3 Å². The lowest BCUT2D eigenvalue weighted by Gasteiger charge is -2.46. The highest BCUT2D eigenvalue weighted by Gasteiger charge is 2.73. The van der Waals surface area contributed by atoms with E-state index in [1.807, 2.05) is 65.6 Å². The molecule has 3 heterocycles. The van der Waals surface area contributed by atoms with E-state index < -0.39 is 59.4 Å². The van der Waals surface area contributed by atoms with E-state index in [9.17, 15) is 24.3 Å². The van der Waals surface area contributed by atoms with Gasteiger partial charge in [0.15, 0.2) is 0 Å². The summed E-state index contributed by atoms with van der Waals surface area (Å²) in [5.41, 5.74) is 13.3. The lowest BCUT2D eigenvalue weighted by Crippen LogP contribution is -2.53. The molecule has 6 atom stereocenters. The molecule has 51 heavy (non-hydrogen) atoms. The summed E-state index contributed by atoms with van der Waals surface area (Å²) in [6.07, 6.45) is -0.811. The van der Waals surface area contributed by atoms with Crippen LogP contribution >= 0.6 is 0 Å². The fourth-order valence-corrected chi connectivity index (χ4v) is 7.89. The highest BCUT2D eigenvalue weighted by atomic mass is 16.6. The zero-order valence-electron chi connectivity index (χ0n) is 27.3. The summed E-state index contributed by atoms with van der Waals surface area (Å²) in [6.45, 7) is -0.0983. The molecule has 3 aliphatic rings. The van der Waals surface area contributed by atoms with Crippen LogP contribution in [0.25, 0.3) is 0 Å². The Bertz CT molecular complexity index is 2050. The lowest BCUT2D eigenvalue weighted by atomic mass is 9.65. The van der Waals surface area contributed by atoms with E-state index >= 15 is 0 Å². The Hall–Kier alpha value is -6.16. The zero-order chi connectivity index (χ0) is 35.7. The number of fused-ring (bicyclic) bond motifs is 3. The van der Waals surface area contributed by atoms with Crippen LogP contribution in [0.5, 0.6) is 5.75 Å². The number of amides is 4. The number of esters is 1. The largest absolute Gasteiger partial charge is 0.491 e. The molecule has 0 aliphatic carbocycles. The smallest absolute Gasteiger partial charge is 0.324 e. The normalized spacial score (nSPS) is 24.8. The molecular weight excluding hydrogens is 650 g/mol. The van der Waals surface area contributed by atoms with Crippen molar-refractivity contribution in [2.24, 2.45) is 17.4 Å².